The predicted molar refractivity (Wildman–Crippen MR) is 72.8 cm³/mol. The van der Waals surface area contributed by atoms with Crippen molar-refractivity contribution >= 4 is 11.7 Å². The molecule has 0 aliphatic carbocycles. The SMILES string of the molecule is Cc1ccc(CN=Nc2ccc(C(=O)O)cc2)cc1. The number of benzene rings is 2. The Bertz CT molecular complexity index is 587. The Hall–Kier alpha value is -2.49. The second-order valence-corrected chi connectivity index (χ2v) is 4.24. The second-order valence-electron chi connectivity index (χ2n) is 4.24. The van der Waals surface area contributed by atoms with E-state index < -0.39 is 5.97 Å². The van der Waals surface area contributed by atoms with Gasteiger partial charge >= 0.3 is 5.97 Å². The molecule has 1 N–H and O–H groups in total. The number of azo groups is 1. The third kappa shape index (κ3) is 3.74. The molecule has 0 fully saturated rings. The molecule has 0 spiro atoms. The number of rotatable bonds is 4. The van der Waals surface area contributed by atoms with Gasteiger partial charge in [0.15, 0.2) is 0 Å². The molecule has 96 valence electrons. The zero-order valence-electron chi connectivity index (χ0n) is 10.6. The van der Waals surface area contributed by atoms with Crippen molar-refractivity contribution in [2.24, 2.45) is 10.2 Å². The fraction of sp³-hybridized carbons (Fsp3) is 0.133. The third-order valence-corrected chi connectivity index (χ3v) is 2.67. The molecule has 0 aliphatic rings. The van der Waals surface area contributed by atoms with E-state index in [1.165, 1.54) is 17.7 Å². The van der Waals surface area contributed by atoms with E-state index in [9.17, 15) is 4.79 Å². The predicted octanol–water partition coefficient (Wildman–Crippen LogP) is 3.98. The summed E-state index contributed by atoms with van der Waals surface area (Å²) in [5, 5.41) is 16.9. The van der Waals surface area contributed by atoms with Gasteiger partial charge in [-0.2, -0.15) is 10.2 Å². The molecule has 4 nitrogen and oxygen atoms in total. The standard InChI is InChI=1S/C15H14N2O2/c1-11-2-4-12(5-3-11)10-16-17-14-8-6-13(7-9-14)15(18)19/h2-9H,10H2,1H3,(H,18,19). The third-order valence-electron chi connectivity index (χ3n) is 2.67. The number of aromatic carboxylic acids is 1. The molecular weight excluding hydrogens is 240 g/mol. The van der Waals surface area contributed by atoms with Gasteiger partial charge in [0.2, 0.25) is 0 Å². The van der Waals surface area contributed by atoms with Gasteiger partial charge in [-0.1, -0.05) is 29.8 Å². The highest BCUT2D eigenvalue weighted by Crippen LogP contribution is 2.14. The molecule has 0 aromatic heterocycles. The average molecular weight is 254 g/mol. The summed E-state index contributed by atoms with van der Waals surface area (Å²) < 4.78 is 0. The van der Waals surface area contributed by atoms with Crippen LogP contribution in [-0.2, 0) is 6.54 Å². The summed E-state index contributed by atoms with van der Waals surface area (Å²) in [7, 11) is 0. The lowest BCUT2D eigenvalue weighted by Crippen LogP contribution is -1.93. The topological polar surface area (TPSA) is 62.0 Å². The molecule has 4 heteroatoms. The minimum absolute atomic E-state index is 0.248. The lowest BCUT2D eigenvalue weighted by Gasteiger charge is -1.97. The maximum absolute atomic E-state index is 10.7. The van der Waals surface area contributed by atoms with Crippen LogP contribution in [0.15, 0.2) is 58.8 Å². The van der Waals surface area contributed by atoms with Crippen LogP contribution in [0.4, 0.5) is 5.69 Å². The number of carbonyl (C=O) groups is 1. The molecular formula is C15H14N2O2. The normalized spacial score (nSPS) is 10.8. The van der Waals surface area contributed by atoms with Gasteiger partial charge in [0.25, 0.3) is 0 Å². The molecule has 19 heavy (non-hydrogen) atoms. The molecule has 0 amide bonds. The largest absolute Gasteiger partial charge is 0.478 e. The fourth-order valence-electron chi connectivity index (χ4n) is 1.56. The van der Waals surface area contributed by atoms with Gasteiger partial charge < -0.3 is 5.11 Å². The van der Waals surface area contributed by atoms with Crippen molar-refractivity contribution in [3.63, 3.8) is 0 Å². The van der Waals surface area contributed by atoms with E-state index in [0.717, 1.165) is 5.56 Å². The number of nitrogens with zero attached hydrogens (tertiary/aromatic N) is 2. The molecule has 0 saturated carbocycles. The van der Waals surface area contributed by atoms with Gasteiger partial charge in [0.05, 0.1) is 17.8 Å². The van der Waals surface area contributed by atoms with Crippen molar-refractivity contribution < 1.29 is 9.90 Å². The first-order valence-corrected chi connectivity index (χ1v) is 5.91. The summed E-state index contributed by atoms with van der Waals surface area (Å²) in [6.45, 7) is 2.55. The monoisotopic (exact) mass is 254 g/mol. The van der Waals surface area contributed by atoms with E-state index in [1.807, 2.05) is 31.2 Å². The number of hydrogen-bond donors (Lipinski definition) is 1. The second kappa shape index (κ2) is 5.91. The first kappa shape index (κ1) is 13.0. The molecule has 0 atom stereocenters. The quantitative estimate of drug-likeness (QED) is 0.839. The Morgan fingerprint density at radius 3 is 2.26 bits per heavy atom. The van der Waals surface area contributed by atoms with Crippen molar-refractivity contribution in [1.82, 2.24) is 0 Å². The Kier molecular flexibility index (Phi) is 4.03. The highest BCUT2D eigenvalue weighted by molar-refractivity contribution is 5.87. The smallest absolute Gasteiger partial charge is 0.335 e. The first-order chi connectivity index (χ1) is 9.15. The highest BCUT2D eigenvalue weighted by atomic mass is 16.4. The minimum Gasteiger partial charge on any atom is -0.478 e. The number of aryl methyl sites for hydroxylation is 1. The van der Waals surface area contributed by atoms with Crippen LogP contribution < -0.4 is 0 Å². The molecule has 0 heterocycles. The van der Waals surface area contributed by atoms with Crippen LogP contribution in [0.3, 0.4) is 0 Å². The molecule has 2 rings (SSSR count). The van der Waals surface area contributed by atoms with Crippen LogP contribution in [0.25, 0.3) is 0 Å². The Labute approximate surface area is 111 Å². The van der Waals surface area contributed by atoms with Crippen molar-refractivity contribution in [3.8, 4) is 0 Å². The summed E-state index contributed by atoms with van der Waals surface area (Å²) in [4.78, 5) is 10.7. The fourth-order valence-corrected chi connectivity index (χ4v) is 1.56. The van der Waals surface area contributed by atoms with Crippen LogP contribution >= 0.6 is 0 Å². The number of carboxylic acids is 1. The molecule has 0 unspecified atom stereocenters. The number of carboxylic acid groups (broad SMARTS) is 1. The summed E-state index contributed by atoms with van der Waals surface area (Å²) in [5.41, 5.74) is 3.20. The number of hydrogen-bond acceptors (Lipinski definition) is 3. The van der Waals surface area contributed by atoms with E-state index in [-0.39, 0.29) is 5.56 Å². The first-order valence-electron chi connectivity index (χ1n) is 5.91. The highest BCUT2D eigenvalue weighted by Gasteiger charge is 2.00. The molecule has 2 aromatic rings. The van der Waals surface area contributed by atoms with E-state index in [1.54, 1.807) is 12.1 Å². The Balaban J connectivity index is 1.98. The van der Waals surface area contributed by atoms with Crippen LogP contribution in [0, 0.1) is 6.92 Å². The van der Waals surface area contributed by atoms with Gasteiger partial charge in [-0.05, 0) is 36.8 Å². The van der Waals surface area contributed by atoms with Gasteiger partial charge in [0, 0.05) is 0 Å². The lowest BCUT2D eigenvalue weighted by molar-refractivity contribution is 0.0697. The van der Waals surface area contributed by atoms with E-state index >= 15 is 0 Å². The summed E-state index contributed by atoms with van der Waals surface area (Å²) in [6.07, 6.45) is 0. The van der Waals surface area contributed by atoms with E-state index in [0.29, 0.717) is 12.2 Å². The molecule has 2 aromatic carbocycles. The Morgan fingerprint density at radius 1 is 1.05 bits per heavy atom. The zero-order valence-corrected chi connectivity index (χ0v) is 10.6. The van der Waals surface area contributed by atoms with E-state index in [2.05, 4.69) is 10.2 Å². The zero-order chi connectivity index (χ0) is 13.7. The van der Waals surface area contributed by atoms with Gasteiger partial charge in [0.1, 0.15) is 0 Å². The summed E-state index contributed by atoms with van der Waals surface area (Å²) >= 11 is 0. The maximum atomic E-state index is 10.7. The lowest BCUT2D eigenvalue weighted by atomic mass is 10.2. The minimum atomic E-state index is -0.942. The summed E-state index contributed by atoms with van der Waals surface area (Å²) in [6, 6.07) is 14.4. The molecule has 0 bridgehead atoms. The Morgan fingerprint density at radius 2 is 1.68 bits per heavy atom. The van der Waals surface area contributed by atoms with Crippen LogP contribution in [-0.4, -0.2) is 11.1 Å². The van der Waals surface area contributed by atoms with Gasteiger partial charge in [-0.15, -0.1) is 0 Å². The van der Waals surface area contributed by atoms with Gasteiger partial charge in [-0.25, -0.2) is 4.79 Å². The molecule has 0 saturated heterocycles. The van der Waals surface area contributed by atoms with Gasteiger partial charge in [-0.3, -0.25) is 0 Å². The maximum Gasteiger partial charge on any atom is 0.335 e. The van der Waals surface area contributed by atoms with Crippen molar-refractivity contribution in [2.75, 3.05) is 0 Å². The van der Waals surface area contributed by atoms with Crippen molar-refractivity contribution in [3.05, 3.63) is 65.2 Å². The van der Waals surface area contributed by atoms with E-state index in [4.69, 9.17) is 5.11 Å². The molecule has 0 aliphatic heterocycles. The van der Waals surface area contributed by atoms with Crippen LogP contribution in [0.5, 0.6) is 0 Å². The van der Waals surface area contributed by atoms with Crippen molar-refractivity contribution in [1.29, 1.82) is 0 Å². The summed E-state index contributed by atoms with van der Waals surface area (Å²) in [5.74, 6) is -0.942. The molecule has 0 radical (unpaired) electrons. The average Bonchev–Trinajstić information content (AvgIpc) is 2.41. The van der Waals surface area contributed by atoms with Crippen LogP contribution in [0.2, 0.25) is 0 Å². The van der Waals surface area contributed by atoms with Crippen LogP contribution in [0.1, 0.15) is 21.5 Å². The van der Waals surface area contributed by atoms with Crippen molar-refractivity contribution in [2.45, 2.75) is 13.5 Å².